The van der Waals surface area contributed by atoms with Crippen LogP contribution < -0.4 is 20.3 Å². The van der Waals surface area contributed by atoms with Crippen LogP contribution >= 0.6 is 0 Å². The molecule has 1 aromatic carbocycles. The number of hydrogen-bond acceptors (Lipinski definition) is 7. The maximum atomic E-state index is 13.2. The zero-order valence-electron chi connectivity index (χ0n) is 18.6. The number of hydrogen-bond donors (Lipinski definition) is 3. The van der Waals surface area contributed by atoms with Crippen LogP contribution in [-0.4, -0.2) is 52.9 Å². The number of piperidine rings is 1. The van der Waals surface area contributed by atoms with Crippen LogP contribution in [0.5, 0.6) is 11.5 Å². The third-order valence-corrected chi connectivity index (χ3v) is 6.78. The zero-order chi connectivity index (χ0) is 22.8. The van der Waals surface area contributed by atoms with Gasteiger partial charge in [0.15, 0.2) is 11.5 Å². The third-order valence-electron chi connectivity index (χ3n) is 6.78. The highest BCUT2D eigenvalue weighted by Gasteiger charge is 2.29. The van der Waals surface area contributed by atoms with Gasteiger partial charge in [0.25, 0.3) is 11.5 Å². The summed E-state index contributed by atoms with van der Waals surface area (Å²) in [4.78, 5) is 35.3. The van der Waals surface area contributed by atoms with E-state index in [1.807, 2.05) is 4.90 Å². The van der Waals surface area contributed by atoms with E-state index in [9.17, 15) is 9.59 Å². The van der Waals surface area contributed by atoms with Crippen LogP contribution in [0.3, 0.4) is 0 Å². The van der Waals surface area contributed by atoms with Gasteiger partial charge < -0.3 is 30.1 Å². The molecule has 1 unspecified atom stereocenters. The van der Waals surface area contributed by atoms with Gasteiger partial charge in [-0.2, -0.15) is 0 Å². The summed E-state index contributed by atoms with van der Waals surface area (Å²) >= 11 is 0. The fraction of sp³-hybridized carbons (Fsp3) is 0.500. The first-order valence-corrected chi connectivity index (χ1v) is 11.7. The molecule has 2 fully saturated rings. The summed E-state index contributed by atoms with van der Waals surface area (Å²) < 4.78 is 10.7. The Bertz CT molecular complexity index is 1110. The van der Waals surface area contributed by atoms with E-state index in [1.165, 1.54) is 6.42 Å². The maximum absolute atomic E-state index is 13.2. The predicted molar refractivity (Wildman–Crippen MR) is 124 cm³/mol. The van der Waals surface area contributed by atoms with Gasteiger partial charge >= 0.3 is 0 Å². The van der Waals surface area contributed by atoms with Crippen molar-refractivity contribution in [1.29, 1.82) is 5.41 Å². The van der Waals surface area contributed by atoms with Crippen LogP contribution in [0.4, 0.5) is 5.82 Å². The van der Waals surface area contributed by atoms with Crippen molar-refractivity contribution in [3.63, 3.8) is 0 Å². The number of nitrogens with zero attached hydrogens (tertiary/aromatic N) is 2. The fourth-order valence-corrected chi connectivity index (χ4v) is 4.97. The number of nitrogens with one attached hydrogen (secondary N) is 3. The summed E-state index contributed by atoms with van der Waals surface area (Å²) in [5.74, 6) is 2.14. The molecular weight excluding hydrogens is 422 g/mol. The van der Waals surface area contributed by atoms with E-state index in [-0.39, 0.29) is 35.8 Å². The van der Waals surface area contributed by atoms with Gasteiger partial charge in [-0.05, 0) is 43.9 Å². The number of H-pyrrole nitrogens is 1. The molecule has 3 aliphatic rings. The molecule has 1 amide bonds. The van der Waals surface area contributed by atoms with Gasteiger partial charge in [0.1, 0.15) is 11.6 Å². The van der Waals surface area contributed by atoms with Crippen LogP contribution in [0.1, 0.15) is 72.6 Å². The van der Waals surface area contributed by atoms with E-state index in [2.05, 4.69) is 10.3 Å². The monoisotopic (exact) mass is 451 g/mol. The molecule has 9 heteroatoms. The van der Waals surface area contributed by atoms with Crippen molar-refractivity contribution in [3.05, 3.63) is 45.5 Å². The minimum atomic E-state index is -0.312. The van der Waals surface area contributed by atoms with E-state index >= 15 is 0 Å². The van der Waals surface area contributed by atoms with Gasteiger partial charge in [0.2, 0.25) is 6.79 Å². The average Bonchev–Trinajstić information content (AvgIpc) is 3.32. The quantitative estimate of drug-likeness (QED) is 0.600. The molecule has 2 aromatic rings. The number of ether oxygens (including phenoxy) is 2. The normalized spacial score (nSPS) is 20.5. The topological polar surface area (TPSA) is 120 Å². The van der Waals surface area contributed by atoms with Gasteiger partial charge in [0.05, 0.1) is 5.56 Å². The summed E-state index contributed by atoms with van der Waals surface area (Å²) in [7, 11) is 0. The number of anilines is 1. The van der Waals surface area contributed by atoms with Crippen molar-refractivity contribution in [3.8, 4) is 11.5 Å². The van der Waals surface area contributed by atoms with E-state index in [1.54, 1.807) is 18.2 Å². The molecule has 2 aliphatic heterocycles. The van der Waals surface area contributed by atoms with Crippen LogP contribution in [0.2, 0.25) is 0 Å². The molecule has 1 aliphatic carbocycles. The lowest BCUT2D eigenvalue weighted by Gasteiger charge is -2.32. The Morgan fingerprint density at radius 1 is 1.15 bits per heavy atom. The number of carbonyl (C=O) groups excluding carboxylic acids is 1. The standard InChI is InChI=1S/C24H29N5O4/c25-12-18-22(26-17-6-2-1-3-7-17)27-21(28-23(18)30)16-5-4-10-29(13-16)24(31)15-8-9-19-20(11-15)33-14-32-19/h8-9,11-12,16-17,25H,1-7,10,13-14H2,(H2,26,27,28,30). The first-order valence-electron chi connectivity index (χ1n) is 11.7. The van der Waals surface area contributed by atoms with Crippen LogP contribution in [-0.2, 0) is 0 Å². The van der Waals surface area contributed by atoms with Crippen molar-refractivity contribution >= 4 is 17.9 Å². The predicted octanol–water partition coefficient (Wildman–Crippen LogP) is 3.26. The molecule has 0 spiro atoms. The van der Waals surface area contributed by atoms with Gasteiger partial charge in [-0.3, -0.25) is 9.59 Å². The minimum Gasteiger partial charge on any atom is -0.454 e. The molecule has 174 valence electrons. The summed E-state index contributed by atoms with van der Waals surface area (Å²) in [6.07, 6.45) is 8.37. The largest absolute Gasteiger partial charge is 0.454 e. The lowest BCUT2D eigenvalue weighted by Crippen LogP contribution is -2.40. The van der Waals surface area contributed by atoms with E-state index in [0.717, 1.165) is 44.7 Å². The summed E-state index contributed by atoms with van der Waals surface area (Å²) in [5, 5.41) is 11.1. The summed E-state index contributed by atoms with van der Waals surface area (Å²) in [5.41, 5.74) is 0.501. The van der Waals surface area contributed by atoms with Crippen molar-refractivity contribution < 1.29 is 14.3 Å². The number of aromatic amines is 1. The van der Waals surface area contributed by atoms with Crippen LogP contribution in [0.25, 0.3) is 0 Å². The minimum absolute atomic E-state index is 0.0722. The first-order chi connectivity index (χ1) is 16.1. The molecular formula is C24H29N5O4. The highest BCUT2D eigenvalue weighted by atomic mass is 16.7. The Labute approximate surface area is 192 Å². The molecule has 1 atom stereocenters. The highest BCUT2D eigenvalue weighted by Crippen LogP contribution is 2.34. The number of likely N-dealkylation sites (tertiary alicyclic amines) is 1. The van der Waals surface area contributed by atoms with Crippen molar-refractivity contribution in [1.82, 2.24) is 14.9 Å². The molecule has 9 nitrogen and oxygen atoms in total. The van der Waals surface area contributed by atoms with Gasteiger partial charge in [-0.1, -0.05) is 19.3 Å². The second-order valence-corrected chi connectivity index (χ2v) is 9.00. The van der Waals surface area contributed by atoms with Gasteiger partial charge in [0, 0.05) is 36.8 Å². The molecule has 3 heterocycles. The molecule has 0 bridgehead atoms. The SMILES string of the molecule is N=Cc1c(NC2CCCCC2)nc(C2CCCN(C(=O)c3ccc4c(c3)OCO4)C2)[nH]c1=O. The number of aromatic nitrogens is 2. The first kappa shape index (κ1) is 21.5. The van der Waals surface area contributed by atoms with E-state index in [0.29, 0.717) is 41.8 Å². The van der Waals surface area contributed by atoms with Gasteiger partial charge in [-0.25, -0.2) is 4.98 Å². The van der Waals surface area contributed by atoms with Crippen LogP contribution in [0, 0.1) is 5.41 Å². The Balaban J connectivity index is 1.35. The lowest BCUT2D eigenvalue weighted by atomic mass is 9.95. The Morgan fingerprint density at radius 3 is 2.79 bits per heavy atom. The summed E-state index contributed by atoms with van der Waals surface area (Å²) in [6, 6.07) is 5.51. The fourth-order valence-electron chi connectivity index (χ4n) is 4.97. The number of fused-ring (bicyclic) bond motifs is 1. The molecule has 0 radical (unpaired) electrons. The van der Waals surface area contributed by atoms with Crippen molar-refractivity contribution in [2.24, 2.45) is 0 Å². The van der Waals surface area contributed by atoms with Crippen molar-refractivity contribution in [2.75, 3.05) is 25.2 Å². The smallest absolute Gasteiger partial charge is 0.261 e. The zero-order valence-corrected chi connectivity index (χ0v) is 18.6. The Hall–Kier alpha value is -3.36. The Morgan fingerprint density at radius 2 is 1.97 bits per heavy atom. The molecule has 1 saturated heterocycles. The average molecular weight is 452 g/mol. The number of carbonyl (C=O) groups is 1. The molecule has 3 N–H and O–H groups in total. The third kappa shape index (κ3) is 4.44. The molecule has 1 saturated carbocycles. The van der Waals surface area contributed by atoms with Gasteiger partial charge in [-0.15, -0.1) is 0 Å². The second kappa shape index (κ2) is 9.25. The highest BCUT2D eigenvalue weighted by molar-refractivity contribution is 5.95. The molecule has 1 aromatic heterocycles. The number of rotatable bonds is 5. The van der Waals surface area contributed by atoms with Crippen LogP contribution in [0.15, 0.2) is 23.0 Å². The number of benzene rings is 1. The van der Waals surface area contributed by atoms with E-state index in [4.69, 9.17) is 19.9 Å². The summed E-state index contributed by atoms with van der Waals surface area (Å²) in [6.45, 7) is 1.30. The van der Waals surface area contributed by atoms with Crippen molar-refractivity contribution in [2.45, 2.75) is 56.9 Å². The second-order valence-electron chi connectivity index (χ2n) is 9.00. The number of amides is 1. The molecule has 5 rings (SSSR count). The van der Waals surface area contributed by atoms with E-state index < -0.39 is 0 Å². The lowest BCUT2D eigenvalue weighted by molar-refractivity contribution is 0.0704. The maximum Gasteiger partial charge on any atom is 0.261 e. The Kier molecular flexibility index (Phi) is 6.02. The molecule has 33 heavy (non-hydrogen) atoms.